The maximum atomic E-state index is 9.68. The van der Waals surface area contributed by atoms with Gasteiger partial charge in [-0.3, -0.25) is 4.98 Å². The van der Waals surface area contributed by atoms with Crippen LogP contribution >= 0.6 is 15.9 Å². The Kier molecular flexibility index (Phi) is 3.88. The first-order valence-electron chi connectivity index (χ1n) is 5.96. The average molecular weight is 309 g/mol. The lowest BCUT2D eigenvalue weighted by atomic mass is 10.1. The van der Waals surface area contributed by atoms with Crippen molar-refractivity contribution in [3.8, 4) is 0 Å². The summed E-state index contributed by atoms with van der Waals surface area (Å²) in [5, 5.41) is 14.1. The maximum absolute atomic E-state index is 9.68. The molecule has 0 atom stereocenters. The molecule has 1 aromatic heterocycles. The highest BCUT2D eigenvalue weighted by molar-refractivity contribution is 9.10. The molecule has 18 heavy (non-hydrogen) atoms. The van der Waals surface area contributed by atoms with E-state index in [1.165, 1.54) is 0 Å². The normalized spacial score (nSPS) is 11.8. The number of aromatic nitrogens is 1. The number of pyridine rings is 1. The molecule has 2 aromatic rings. The second-order valence-electron chi connectivity index (χ2n) is 5.02. The number of hydrogen-bond acceptors (Lipinski definition) is 3. The molecule has 0 radical (unpaired) electrons. The number of nitrogens with zero attached hydrogens (tertiary/aromatic N) is 1. The molecule has 4 heteroatoms. The Bertz CT molecular complexity index is 549. The number of para-hydroxylation sites is 1. The molecule has 0 aliphatic heterocycles. The van der Waals surface area contributed by atoms with Crippen LogP contribution in [0.4, 0.5) is 5.69 Å². The molecule has 2 N–H and O–H groups in total. The van der Waals surface area contributed by atoms with Crippen LogP contribution in [0.1, 0.15) is 20.3 Å². The Morgan fingerprint density at radius 3 is 2.89 bits per heavy atom. The molecule has 96 valence electrons. The second-order valence-corrected chi connectivity index (χ2v) is 5.94. The number of aliphatic hydroxyl groups is 1. The van der Waals surface area contributed by atoms with Crippen LogP contribution in [0, 0.1) is 0 Å². The molecule has 3 nitrogen and oxygen atoms in total. The first-order valence-corrected chi connectivity index (χ1v) is 6.75. The van der Waals surface area contributed by atoms with Crippen molar-refractivity contribution < 1.29 is 5.11 Å². The van der Waals surface area contributed by atoms with E-state index < -0.39 is 5.60 Å². The molecule has 0 aliphatic rings. The van der Waals surface area contributed by atoms with Gasteiger partial charge in [-0.2, -0.15) is 0 Å². The molecule has 0 bridgehead atoms. The van der Waals surface area contributed by atoms with Crippen LogP contribution < -0.4 is 5.32 Å². The van der Waals surface area contributed by atoms with Crippen LogP contribution in [-0.4, -0.2) is 22.2 Å². The van der Waals surface area contributed by atoms with Crippen molar-refractivity contribution >= 4 is 32.5 Å². The number of fused-ring (bicyclic) bond motifs is 1. The van der Waals surface area contributed by atoms with E-state index in [0.29, 0.717) is 6.42 Å². The molecular formula is C14H17BrN2O. The number of anilines is 1. The van der Waals surface area contributed by atoms with Gasteiger partial charge in [-0.25, -0.2) is 0 Å². The zero-order chi connectivity index (χ0) is 13.2. The summed E-state index contributed by atoms with van der Waals surface area (Å²) in [4.78, 5) is 4.42. The highest BCUT2D eigenvalue weighted by Gasteiger charge is 2.11. The van der Waals surface area contributed by atoms with Crippen molar-refractivity contribution in [2.45, 2.75) is 25.9 Å². The molecule has 0 saturated carbocycles. The summed E-state index contributed by atoms with van der Waals surface area (Å²) in [7, 11) is 0. The lowest BCUT2D eigenvalue weighted by Crippen LogP contribution is -2.22. The van der Waals surface area contributed by atoms with Crippen LogP contribution in [-0.2, 0) is 0 Å². The Morgan fingerprint density at radius 1 is 1.39 bits per heavy atom. The molecule has 0 saturated heterocycles. The highest BCUT2D eigenvalue weighted by atomic mass is 79.9. The van der Waals surface area contributed by atoms with Crippen LogP contribution in [0.25, 0.3) is 10.9 Å². The lowest BCUT2D eigenvalue weighted by molar-refractivity contribution is 0.0749. The fourth-order valence-corrected chi connectivity index (χ4v) is 2.13. The smallest absolute Gasteiger partial charge is 0.0934 e. The summed E-state index contributed by atoms with van der Waals surface area (Å²) in [5.74, 6) is 0. The SMILES string of the molecule is CC(C)(O)CCNc1cccc2cc(Br)cnc12. The van der Waals surface area contributed by atoms with Crippen LogP contribution in [0.2, 0.25) is 0 Å². The summed E-state index contributed by atoms with van der Waals surface area (Å²) >= 11 is 3.42. The Balaban J connectivity index is 2.18. The molecule has 2 rings (SSSR count). The minimum absolute atomic E-state index is 0.645. The third-order valence-corrected chi connectivity index (χ3v) is 3.16. The summed E-state index contributed by atoms with van der Waals surface area (Å²) in [6, 6.07) is 8.09. The molecule has 0 spiro atoms. The molecule has 0 amide bonds. The van der Waals surface area contributed by atoms with E-state index in [1.807, 2.05) is 38.1 Å². The van der Waals surface area contributed by atoms with Gasteiger partial charge in [0.2, 0.25) is 0 Å². The summed E-state index contributed by atoms with van der Waals surface area (Å²) < 4.78 is 0.976. The minimum Gasteiger partial charge on any atom is -0.390 e. The molecule has 1 aromatic carbocycles. The van der Waals surface area contributed by atoms with Crippen LogP contribution in [0.15, 0.2) is 34.9 Å². The van der Waals surface area contributed by atoms with Gasteiger partial charge in [0.25, 0.3) is 0 Å². The zero-order valence-electron chi connectivity index (χ0n) is 10.6. The third kappa shape index (κ3) is 3.43. The van der Waals surface area contributed by atoms with Crippen molar-refractivity contribution in [3.05, 3.63) is 34.9 Å². The number of nitrogens with one attached hydrogen (secondary N) is 1. The Morgan fingerprint density at radius 2 is 2.17 bits per heavy atom. The van der Waals surface area contributed by atoms with E-state index in [2.05, 4.69) is 26.2 Å². The van der Waals surface area contributed by atoms with Crippen molar-refractivity contribution in [2.75, 3.05) is 11.9 Å². The van der Waals surface area contributed by atoms with Gasteiger partial charge in [0.15, 0.2) is 0 Å². The fourth-order valence-electron chi connectivity index (χ4n) is 1.78. The van der Waals surface area contributed by atoms with Gasteiger partial charge in [-0.15, -0.1) is 0 Å². The monoisotopic (exact) mass is 308 g/mol. The predicted molar refractivity (Wildman–Crippen MR) is 78.8 cm³/mol. The summed E-state index contributed by atoms with van der Waals surface area (Å²) in [5.41, 5.74) is 1.31. The molecule has 0 aliphatic carbocycles. The minimum atomic E-state index is -0.645. The van der Waals surface area contributed by atoms with Crippen LogP contribution in [0.3, 0.4) is 0 Å². The van der Waals surface area contributed by atoms with E-state index >= 15 is 0 Å². The quantitative estimate of drug-likeness (QED) is 0.907. The van der Waals surface area contributed by atoms with Gasteiger partial charge < -0.3 is 10.4 Å². The van der Waals surface area contributed by atoms with Crippen molar-refractivity contribution in [1.29, 1.82) is 0 Å². The average Bonchev–Trinajstić information content (AvgIpc) is 2.27. The van der Waals surface area contributed by atoms with Crippen molar-refractivity contribution in [1.82, 2.24) is 4.98 Å². The second kappa shape index (κ2) is 5.24. The van der Waals surface area contributed by atoms with Gasteiger partial charge in [0, 0.05) is 22.6 Å². The Labute approximate surface area is 115 Å². The van der Waals surface area contributed by atoms with Gasteiger partial charge in [0.1, 0.15) is 0 Å². The fraction of sp³-hybridized carbons (Fsp3) is 0.357. The van der Waals surface area contributed by atoms with E-state index in [1.54, 1.807) is 6.20 Å². The topological polar surface area (TPSA) is 45.1 Å². The van der Waals surface area contributed by atoms with Gasteiger partial charge in [-0.05, 0) is 48.3 Å². The molecule has 0 unspecified atom stereocenters. The van der Waals surface area contributed by atoms with Gasteiger partial charge >= 0.3 is 0 Å². The highest BCUT2D eigenvalue weighted by Crippen LogP contribution is 2.24. The summed E-state index contributed by atoms with van der Waals surface area (Å²) in [6.07, 6.45) is 2.49. The Hall–Kier alpha value is -1.13. The van der Waals surface area contributed by atoms with Gasteiger partial charge in [-0.1, -0.05) is 12.1 Å². The maximum Gasteiger partial charge on any atom is 0.0934 e. The largest absolute Gasteiger partial charge is 0.390 e. The van der Waals surface area contributed by atoms with E-state index in [0.717, 1.165) is 27.6 Å². The van der Waals surface area contributed by atoms with E-state index in [-0.39, 0.29) is 0 Å². The van der Waals surface area contributed by atoms with Crippen molar-refractivity contribution in [3.63, 3.8) is 0 Å². The molecule has 0 fully saturated rings. The van der Waals surface area contributed by atoms with Crippen LogP contribution in [0.5, 0.6) is 0 Å². The third-order valence-electron chi connectivity index (χ3n) is 2.73. The number of hydrogen-bond donors (Lipinski definition) is 2. The standard InChI is InChI=1S/C14H17BrN2O/c1-14(2,18)6-7-16-12-5-3-4-10-8-11(15)9-17-13(10)12/h3-5,8-9,16,18H,6-7H2,1-2H3. The zero-order valence-corrected chi connectivity index (χ0v) is 12.2. The molecule has 1 heterocycles. The number of halogens is 1. The molecular weight excluding hydrogens is 292 g/mol. The van der Waals surface area contributed by atoms with Crippen molar-refractivity contribution in [2.24, 2.45) is 0 Å². The van der Waals surface area contributed by atoms with E-state index in [9.17, 15) is 5.11 Å². The number of rotatable bonds is 4. The lowest BCUT2D eigenvalue weighted by Gasteiger charge is -2.17. The summed E-state index contributed by atoms with van der Waals surface area (Å²) in [6.45, 7) is 4.35. The van der Waals surface area contributed by atoms with E-state index in [4.69, 9.17) is 0 Å². The first-order chi connectivity index (χ1) is 8.46. The first kappa shape index (κ1) is 13.3. The van der Waals surface area contributed by atoms with Gasteiger partial charge in [0.05, 0.1) is 16.8 Å². The number of benzene rings is 1. The predicted octanol–water partition coefficient (Wildman–Crippen LogP) is 3.57.